The van der Waals surface area contributed by atoms with Crippen LogP contribution in [-0.2, 0) is 21.3 Å². The zero-order valence-electron chi connectivity index (χ0n) is 15.2. The average molecular weight is 487 g/mol. The third kappa shape index (κ3) is 4.78. The van der Waals surface area contributed by atoms with Gasteiger partial charge in [-0.15, -0.1) is 0 Å². The molecule has 1 heterocycles. The van der Waals surface area contributed by atoms with Crippen molar-refractivity contribution in [2.24, 2.45) is 0 Å². The maximum absolute atomic E-state index is 13.5. The fourth-order valence-corrected chi connectivity index (χ4v) is 4.69. The van der Waals surface area contributed by atoms with Crippen molar-refractivity contribution in [2.45, 2.75) is 24.0 Å². The van der Waals surface area contributed by atoms with Crippen LogP contribution in [0.5, 0.6) is 5.75 Å². The van der Waals surface area contributed by atoms with Gasteiger partial charge in [0.25, 0.3) is 0 Å². The topological polar surface area (TPSA) is 75.7 Å². The monoisotopic (exact) mass is 486 g/mol. The molecule has 0 amide bonds. The van der Waals surface area contributed by atoms with Gasteiger partial charge in [0.2, 0.25) is 0 Å². The summed E-state index contributed by atoms with van der Waals surface area (Å²) in [5.74, 6) is -1.14. The Morgan fingerprint density at radius 1 is 1.20 bits per heavy atom. The molecule has 0 saturated carbocycles. The molecule has 1 aliphatic heterocycles. The van der Waals surface area contributed by atoms with E-state index >= 15 is 0 Å². The number of nitrogens with one attached hydrogen (secondary N) is 1. The summed E-state index contributed by atoms with van der Waals surface area (Å²) in [7, 11) is -4.24. The minimum absolute atomic E-state index is 0.102. The van der Waals surface area contributed by atoms with Crippen LogP contribution < -0.4 is 8.91 Å². The highest BCUT2D eigenvalue weighted by Gasteiger charge is 2.48. The molecule has 0 bridgehead atoms. The minimum atomic E-state index is -5.82. The molecular weight excluding hydrogens is 472 g/mol. The molecule has 1 fully saturated rings. The standard InChI is InChI=1S/C17H15ClF4N2O4S2/c1-24-16(11-5-6-14(19)13(18)8-11)9-15(23-29(24)25)10-3-2-4-12(7-10)28-30(26,27)17(20,21)22/h2-8,15-16,23H,9H2,1H3. The summed E-state index contributed by atoms with van der Waals surface area (Å²) in [4.78, 5) is 0. The van der Waals surface area contributed by atoms with Gasteiger partial charge in [-0.05, 0) is 41.8 Å². The summed E-state index contributed by atoms with van der Waals surface area (Å²) in [5.41, 5.74) is -4.61. The van der Waals surface area contributed by atoms with Crippen molar-refractivity contribution < 1.29 is 34.4 Å². The zero-order chi connectivity index (χ0) is 22.3. The highest BCUT2D eigenvalue weighted by molar-refractivity contribution is 7.88. The summed E-state index contributed by atoms with van der Waals surface area (Å²) in [6.45, 7) is 0. The van der Waals surface area contributed by atoms with E-state index in [-0.39, 0.29) is 5.02 Å². The normalized spacial score (nSPS) is 23.3. The number of nitrogens with zero attached hydrogens (tertiary/aromatic N) is 1. The number of hydrogen-bond donors (Lipinski definition) is 1. The third-order valence-electron chi connectivity index (χ3n) is 4.48. The smallest absolute Gasteiger partial charge is 0.376 e. The van der Waals surface area contributed by atoms with E-state index in [1.165, 1.54) is 34.6 Å². The van der Waals surface area contributed by atoms with Gasteiger partial charge in [0.1, 0.15) is 11.6 Å². The lowest BCUT2D eigenvalue weighted by atomic mass is 9.95. The SMILES string of the molecule is CN1C(c2ccc(F)c(Cl)c2)CC(c2cccc(OS(=O)(=O)C(F)(F)F)c2)NS1=O. The number of benzene rings is 2. The Kier molecular flexibility index (Phi) is 6.44. The Morgan fingerprint density at radius 2 is 1.90 bits per heavy atom. The molecule has 0 spiro atoms. The molecule has 6 nitrogen and oxygen atoms in total. The van der Waals surface area contributed by atoms with E-state index in [9.17, 15) is 30.2 Å². The van der Waals surface area contributed by atoms with Gasteiger partial charge >= 0.3 is 15.6 Å². The molecule has 3 unspecified atom stereocenters. The molecule has 1 saturated heterocycles. The van der Waals surface area contributed by atoms with E-state index in [0.717, 1.165) is 12.1 Å². The molecule has 1 aliphatic rings. The van der Waals surface area contributed by atoms with Crippen LogP contribution >= 0.6 is 11.6 Å². The predicted molar refractivity (Wildman–Crippen MR) is 103 cm³/mol. The molecule has 3 rings (SSSR count). The highest BCUT2D eigenvalue weighted by Crippen LogP contribution is 2.37. The van der Waals surface area contributed by atoms with Crippen molar-refractivity contribution in [1.82, 2.24) is 9.03 Å². The minimum Gasteiger partial charge on any atom is -0.376 e. The van der Waals surface area contributed by atoms with Crippen LogP contribution in [0.15, 0.2) is 42.5 Å². The summed E-state index contributed by atoms with van der Waals surface area (Å²) in [6, 6.07) is 8.05. The fourth-order valence-electron chi connectivity index (χ4n) is 2.97. The van der Waals surface area contributed by atoms with Crippen LogP contribution in [0.4, 0.5) is 17.6 Å². The summed E-state index contributed by atoms with van der Waals surface area (Å²) in [5, 5.41) is -0.102. The average Bonchev–Trinajstić information content (AvgIpc) is 2.65. The van der Waals surface area contributed by atoms with Gasteiger partial charge < -0.3 is 4.18 Å². The van der Waals surface area contributed by atoms with E-state index < -0.39 is 50.4 Å². The van der Waals surface area contributed by atoms with Crippen LogP contribution in [0.25, 0.3) is 0 Å². The van der Waals surface area contributed by atoms with Crippen molar-refractivity contribution >= 4 is 32.9 Å². The number of alkyl halides is 3. The highest BCUT2D eigenvalue weighted by atomic mass is 35.5. The molecule has 164 valence electrons. The van der Waals surface area contributed by atoms with E-state index in [0.29, 0.717) is 17.5 Å². The van der Waals surface area contributed by atoms with Crippen LogP contribution in [0.3, 0.4) is 0 Å². The largest absolute Gasteiger partial charge is 0.534 e. The van der Waals surface area contributed by atoms with Gasteiger partial charge in [0, 0.05) is 13.1 Å². The first kappa shape index (κ1) is 22.9. The Bertz CT molecular complexity index is 1080. The molecule has 3 atom stereocenters. The first-order valence-corrected chi connectivity index (χ1v) is 11.2. The van der Waals surface area contributed by atoms with E-state index in [4.69, 9.17) is 11.6 Å². The van der Waals surface area contributed by atoms with Crippen molar-refractivity contribution in [3.05, 3.63) is 64.4 Å². The fraction of sp³-hybridized carbons (Fsp3) is 0.294. The van der Waals surface area contributed by atoms with Crippen molar-refractivity contribution in [3.63, 3.8) is 0 Å². The molecule has 0 radical (unpaired) electrons. The summed E-state index contributed by atoms with van der Waals surface area (Å²) >= 11 is 4.15. The van der Waals surface area contributed by atoms with Gasteiger partial charge in [-0.3, -0.25) is 0 Å². The second-order valence-electron chi connectivity index (χ2n) is 6.45. The summed E-state index contributed by atoms with van der Waals surface area (Å²) < 4.78 is 94.6. The van der Waals surface area contributed by atoms with E-state index in [1.807, 2.05) is 0 Å². The second-order valence-corrected chi connectivity index (χ2v) is 9.70. The number of rotatable bonds is 4. The molecule has 1 N–H and O–H groups in total. The van der Waals surface area contributed by atoms with Gasteiger partial charge in [-0.25, -0.2) is 17.6 Å². The Balaban J connectivity index is 1.88. The first-order chi connectivity index (χ1) is 13.9. The Morgan fingerprint density at radius 3 is 2.53 bits per heavy atom. The lowest BCUT2D eigenvalue weighted by Gasteiger charge is -2.37. The van der Waals surface area contributed by atoms with Crippen molar-refractivity contribution in [2.75, 3.05) is 7.05 Å². The quantitative estimate of drug-likeness (QED) is 0.403. The lowest BCUT2D eigenvalue weighted by molar-refractivity contribution is -0.0500. The maximum Gasteiger partial charge on any atom is 0.534 e. The molecule has 0 aliphatic carbocycles. The number of halogens is 5. The van der Waals surface area contributed by atoms with Crippen molar-refractivity contribution in [3.8, 4) is 5.75 Å². The molecule has 30 heavy (non-hydrogen) atoms. The molecule has 2 aromatic carbocycles. The van der Waals surface area contributed by atoms with Crippen molar-refractivity contribution in [1.29, 1.82) is 0 Å². The number of hydrogen-bond acceptors (Lipinski definition) is 4. The summed E-state index contributed by atoms with van der Waals surface area (Å²) in [6.07, 6.45) is 0.291. The first-order valence-electron chi connectivity index (χ1n) is 8.35. The predicted octanol–water partition coefficient (Wildman–Crippen LogP) is 3.99. The third-order valence-corrected chi connectivity index (χ3v) is 7.01. The van der Waals surface area contributed by atoms with Gasteiger partial charge in [0.15, 0.2) is 11.2 Å². The van der Waals surface area contributed by atoms with Crippen LogP contribution in [0, 0.1) is 5.82 Å². The maximum atomic E-state index is 13.5. The lowest BCUT2D eigenvalue weighted by Crippen LogP contribution is -2.43. The van der Waals surface area contributed by atoms with Gasteiger partial charge in [0.05, 0.1) is 11.1 Å². The zero-order valence-corrected chi connectivity index (χ0v) is 17.6. The van der Waals surface area contributed by atoms with Crippen LogP contribution in [-0.4, -0.2) is 29.5 Å². The Hall–Kier alpha value is -1.73. The molecular formula is C17H15ClF4N2O4S2. The van der Waals surface area contributed by atoms with Gasteiger partial charge in [-0.2, -0.15) is 21.6 Å². The van der Waals surface area contributed by atoms with Gasteiger partial charge in [-0.1, -0.05) is 29.8 Å². The molecule has 13 heteroatoms. The van der Waals surface area contributed by atoms with E-state index in [2.05, 4.69) is 8.91 Å². The Labute approximate surface area is 177 Å². The van der Waals surface area contributed by atoms with E-state index in [1.54, 1.807) is 7.05 Å². The molecule has 0 aromatic heterocycles. The van der Waals surface area contributed by atoms with Crippen LogP contribution in [0.2, 0.25) is 5.02 Å². The van der Waals surface area contributed by atoms with Crippen LogP contribution in [0.1, 0.15) is 29.6 Å². The molecule has 2 aromatic rings. The second kappa shape index (κ2) is 8.42.